The summed E-state index contributed by atoms with van der Waals surface area (Å²) in [4.78, 5) is 8.54. The van der Waals surface area contributed by atoms with Crippen molar-refractivity contribution >= 4 is 16.7 Å². The molecule has 3 aromatic rings. The van der Waals surface area contributed by atoms with Crippen LogP contribution in [-0.4, -0.2) is 60.3 Å². The molecular weight excluding hydrogens is 522 g/mol. The van der Waals surface area contributed by atoms with Gasteiger partial charge in [0.15, 0.2) is 17.3 Å². The van der Waals surface area contributed by atoms with Crippen LogP contribution in [0.15, 0.2) is 24.3 Å². The average molecular weight is 554 g/mol. The van der Waals surface area contributed by atoms with Gasteiger partial charge in [-0.25, -0.2) is 18.7 Å². The Labute approximate surface area is 223 Å². The SMILES string of the molecule is COc1c(OCCOC2COC2)cc2c(N[C@H](C)c3cccc(C(F)(F)C(C)(C)O)c3F)nc(C)nc2c1F. The summed E-state index contributed by atoms with van der Waals surface area (Å²) in [6.45, 7) is 6.30. The van der Waals surface area contributed by atoms with Gasteiger partial charge in [0, 0.05) is 10.9 Å². The van der Waals surface area contributed by atoms with Crippen LogP contribution in [0.4, 0.5) is 23.4 Å². The number of nitrogens with one attached hydrogen (secondary N) is 1. The Morgan fingerprint density at radius 3 is 2.49 bits per heavy atom. The first-order valence-electron chi connectivity index (χ1n) is 12.4. The van der Waals surface area contributed by atoms with Gasteiger partial charge in [-0.1, -0.05) is 12.1 Å². The molecule has 1 aliphatic rings. The highest BCUT2D eigenvalue weighted by atomic mass is 19.3. The maximum absolute atomic E-state index is 15.5. The molecule has 212 valence electrons. The number of benzene rings is 2. The first-order valence-corrected chi connectivity index (χ1v) is 12.4. The van der Waals surface area contributed by atoms with E-state index in [1.54, 1.807) is 13.8 Å². The van der Waals surface area contributed by atoms with E-state index in [9.17, 15) is 13.9 Å². The maximum atomic E-state index is 15.5. The summed E-state index contributed by atoms with van der Waals surface area (Å²) in [5.41, 5.74) is -3.59. The molecule has 1 aromatic heterocycles. The normalized spacial score (nSPS) is 15.2. The molecule has 1 saturated heterocycles. The van der Waals surface area contributed by atoms with Crippen LogP contribution in [0.2, 0.25) is 0 Å². The van der Waals surface area contributed by atoms with Crippen molar-refractivity contribution in [2.24, 2.45) is 0 Å². The van der Waals surface area contributed by atoms with Crippen molar-refractivity contribution in [3.63, 3.8) is 0 Å². The number of hydrogen-bond acceptors (Lipinski definition) is 8. The lowest BCUT2D eigenvalue weighted by atomic mass is 9.91. The number of aliphatic hydroxyl groups is 1. The van der Waals surface area contributed by atoms with Crippen molar-refractivity contribution in [1.29, 1.82) is 0 Å². The number of nitrogens with zero attached hydrogens (tertiary/aromatic N) is 2. The number of anilines is 1. The monoisotopic (exact) mass is 553 g/mol. The number of rotatable bonds is 11. The van der Waals surface area contributed by atoms with E-state index in [0.717, 1.165) is 19.9 Å². The van der Waals surface area contributed by atoms with E-state index in [2.05, 4.69) is 15.3 Å². The fourth-order valence-corrected chi connectivity index (χ4v) is 4.12. The highest BCUT2D eigenvalue weighted by Gasteiger charge is 2.49. The Balaban J connectivity index is 1.67. The van der Waals surface area contributed by atoms with Crippen molar-refractivity contribution in [1.82, 2.24) is 9.97 Å². The Hall–Kier alpha value is -3.22. The zero-order valence-corrected chi connectivity index (χ0v) is 22.3. The zero-order chi connectivity index (χ0) is 28.5. The lowest BCUT2D eigenvalue weighted by Crippen LogP contribution is -2.41. The second-order valence-corrected chi connectivity index (χ2v) is 9.82. The third-order valence-corrected chi connectivity index (χ3v) is 6.42. The maximum Gasteiger partial charge on any atom is 0.303 e. The number of halogens is 4. The summed E-state index contributed by atoms with van der Waals surface area (Å²) in [5.74, 6) is -5.53. The van der Waals surface area contributed by atoms with Crippen molar-refractivity contribution in [2.45, 2.75) is 51.4 Å². The van der Waals surface area contributed by atoms with Gasteiger partial charge in [-0.05, 0) is 39.8 Å². The first kappa shape index (κ1) is 28.8. The van der Waals surface area contributed by atoms with Crippen LogP contribution < -0.4 is 14.8 Å². The summed E-state index contributed by atoms with van der Waals surface area (Å²) in [5, 5.41) is 13.1. The van der Waals surface area contributed by atoms with Crippen molar-refractivity contribution < 1.29 is 41.6 Å². The molecular formula is C27H31F4N3O5. The minimum atomic E-state index is -3.85. The summed E-state index contributed by atoms with van der Waals surface area (Å²) >= 11 is 0. The van der Waals surface area contributed by atoms with Crippen molar-refractivity contribution in [3.8, 4) is 11.5 Å². The van der Waals surface area contributed by atoms with E-state index >= 15 is 8.78 Å². The molecule has 2 heterocycles. The van der Waals surface area contributed by atoms with Crippen LogP contribution in [0, 0.1) is 18.6 Å². The molecule has 39 heavy (non-hydrogen) atoms. The Kier molecular flexibility index (Phi) is 8.20. The third-order valence-electron chi connectivity index (χ3n) is 6.42. The molecule has 1 fully saturated rings. The van der Waals surface area contributed by atoms with Gasteiger partial charge < -0.3 is 29.4 Å². The van der Waals surface area contributed by atoms with E-state index in [1.807, 2.05) is 0 Å². The summed E-state index contributed by atoms with van der Waals surface area (Å²) in [6, 6.07) is 4.17. The molecule has 8 nitrogen and oxygen atoms in total. The molecule has 0 saturated carbocycles. The number of hydrogen-bond donors (Lipinski definition) is 2. The molecule has 0 bridgehead atoms. The summed E-state index contributed by atoms with van der Waals surface area (Å²) < 4.78 is 82.0. The summed E-state index contributed by atoms with van der Waals surface area (Å²) in [6.07, 6.45) is -0.000186. The molecule has 2 N–H and O–H groups in total. The van der Waals surface area contributed by atoms with Gasteiger partial charge in [0.25, 0.3) is 0 Å². The topological polar surface area (TPSA) is 95.0 Å². The third kappa shape index (κ3) is 5.73. The lowest BCUT2D eigenvalue weighted by molar-refractivity contribution is -0.170. The fraction of sp³-hybridized carbons (Fsp3) is 0.481. The molecule has 0 spiro atoms. The van der Waals surface area contributed by atoms with E-state index in [-0.39, 0.29) is 58.9 Å². The molecule has 1 aliphatic heterocycles. The van der Waals surface area contributed by atoms with Crippen LogP contribution in [0.3, 0.4) is 0 Å². The summed E-state index contributed by atoms with van der Waals surface area (Å²) in [7, 11) is 1.30. The van der Waals surface area contributed by atoms with Crippen LogP contribution in [-0.2, 0) is 15.4 Å². The number of methoxy groups -OCH3 is 1. The predicted octanol–water partition coefficient (Wildman–Crippen LogP) is 5.06. The molecule has 0 amide bonds. The van der Waals surface area contributed by atoms with Crippen LogP contribution in [0.25, 0.3) is 10.9 Å². The smallest absolute Gasteiger partial charge is 0.303 e. The number of aromatic nitrogens is 2. The van der Waals surface area contributed by atoms with Gasteiger partial charge in [-0.3, -0.25) is 0 Å². The highest BCUT2D eigenvalue weighted by molar-refractivity contribution is 5.92. The van der Waals surface area contributed by atoms with Crippen LogP contribution in [0.5, 0.6) is 11.5 Å². The first-order chi connectivity index (χ1) is 18.3. The van der Waals surface area contributed by atoms with E-state index in [4.69, 9.17) is 18.9 Å². The molecule has 1 atom stereocenters. The largest absolute Gasteiger partial charge is 0.490 e. The van der Waals surface area contributed by atoms with Gasteiger partial charge in [-0.15, -0.1) is 0 Å². The van der Waals surface area contributed by atoms with Crippen molar-refractivity contribution in [2.75, 3.05) is 38.9 Å². The van der Waals surface area contributed by atoms with Crippen LogP contribution >= 0.6 is 0 Å². The standard InChI is InChI=1S/C27H31F4N3O5/c1-14(17-7-6-8-19(21(17)28)27(30,31)26(3,4)35)32-25-18-11-20(39-10-9-38-16-12-37-13-16)24(36-5)22(29)23(18)33-15(2)34-25/h6-8,11,14,16,35H,9-10,12-13H2,1-5H3,(H,32,33,34)/t14-/m1/s1. The minimum Gasteiger partial charge on any atom is -0.490 e. The minimum absolute atomic E-state index is 0.000186. The number of alkyl halides is 2. The second-order valence-electron chi connectivity index (χ2n) is 9.82. The van der Waals surface area contributed by atoms with Gasteiger partial charge in [-0.2, -0.15) is 8.78 Å². The van der Waals surface area contributed by atoms with Gasteiger partial charge >= 0.3 is 5.92 Å². The van der Waals surface area contributed by atoms with Gasteiger partial charge in [0.2, 0.25) is 0 Å². The van der Waals surface area contributed by atoms with E-state index < -0.39 is 34.8 Å². The average Bonchev–Trinajstić information content (AvgIpc) is 2.82. The Bertz CT molecular complexity index is 1350. The molecule has 12 heteroatoms. The number of ether oxygens (including phenoxy) is 4. The Morgan fingerprint density at radius 1 is 1.15 bits per heavy atom. The number of fused-ring (bicyclic) bond motifs is 1. The van der Waals surface area contributed by atoms with E-state index in [1.165, 1.54) is 25.3 Å². The second kappa shape index (κ2) is 11.1. The quantitative estimate of drug-likeness (QED) is 0.252. The molecule has 0 aliphatic carbocycles. The molecule has 0 radical (unpaired) electrons. The van der Waals surface area contributed by atoms with Crippen LogP contribution in [0.1, 0.15) is 43.8 Å². The lowest BCUT2D eigenvalue weighted by Gasteiger charge is -2.30. The Morgan fingerprint density at radius 2 is 1.87 bits per heavy atom. The zero-order valence-electron chi connectivity index (χ0n) is 22.3. The number of aryl methyl sites for hydroxylation is 1. The predicted molar refractivity (Wildman–Crippen MR) is 135 cm³/mol. The van der Waals surface area contributed by atoms with Gasteiger partial charge in [0.05, 0.1) is 38.5 Å². The fourth-order valence-electron chi connectivity index (χ4n) is 4.12. The molecule has 4 rings (SSSR count). The molecule has 2 aromatic carbocycles. The van der Waals surface area contributed by atoms with Gasteiger partial charge in [0.1, 0.15) is 41.3 Å². The van der Waals surface area contributed by atoms with E-state index in [0.29, 0.717) is 13.2 Å². The van der Waals surface area contributed by atoms with Crippen molar-refractivity contribution in [3.05, 3.63) is 52.9 Å². The molecule has 0 unspecified atom stereocenters. The highest BCUT2D eigenvalue weighted by Crippen LogP contribution is 2.42.